The molecule has 0 saturated carbocycles. The molecule has 16 nitrogen and oxygen atoms in total. The van der Waals surface area contributed by atoms with Crippen LogP contribution in [0.5, 0.6) is 0 Å². The number of esters is 4. The molecule has 0 unspecified atom stereocenters. The maximum atomic E-state index is 12.3. The highest BCUT2D eigenvalue weighted by Gasteiger charge is 2.14. The Bertz CT molecular complexity index is 789. The Hall–Kier alpha value is -3.34. The normalized spacial score (nSPS) is 10.7. The highest BCUT2D eigenvalue weighted by atomic mass is 16.5. The van der Waals surface area contributed by atoms with Crippen molar-refractivity contribution in [2.45, 2.75) is 38.5 Å². The van der Waals surface area contributed by atoms with E-state index in [4.69, 9.17) is 0 Å². The number of hydrazine groups is 1. The lowest BCUT2D eigenvalue weighted by molar-refractivity contribution is -0.143. The van der Waals surface area contributed by atoms with Gasteiger partial charge in [-0.15, -0.1) is 0 Å². The molecule has 0 atom stereocenters. The SMILES string of the molecule is COC(=O)CCN(CCNC(=O)CCNCCNCCC(=O)NN(CCC(=O)OC)CCC(=O)OC)CCC(=O)OC. The first-order chi connectivity index (χ1) is 20.1. The van der Waals surface area contributed by atoms with Gasteiger partial charge in [0.1, 0.15) is 0 Å². The van der Waals surface area contributed by atoms with Gasteiger partial charge in [-0.2, -0.15) is 0 Å². The van der Waals surface area contributed by atoms with E-state index in [1.165, 1.54) is 33.4 Å². The molecule has 0 aromatic rings. The number of hydrogen-bond acceptors (Lipinski definition) is 14. The summed E-state index contributed by atoms with van der Waals surface area (Å²) in [6.45, 7) is 4.10. The molecule has 42 heavy (non-hydrogen) atoms. The van der Waals surface area contributed by atoms with Crippen molar-refractivity contribution in [2.24, 2.45) is 0 Å². The van der Waals surface area contributed by atoms with E-state index in [0.717, 1.165) is 0 Å². The minimum atomic E-state index is -0.425. The third-order valence-electron chi connectivity index (χ3n) is 5.92. The van der Waals surface area contributed by atoms with Crippen molar-refractivity contribution in [3.63, 3.8) is 0 Å². The number of carbonyl (C=O) groups excluding carboxylic acids is 6. The second kappa shape index (κ2) is 25.4. The van der Waals surface area contributed by atoms with Crippen LogP contribution in [-0.4, -0.2) is 139 Å². The number of amides is 2. The molecule has 0 bridgehead atoms. The van der Waals surface area contributed by atoms with Crippen molar-refractivity contribution >= 4 is 35.7 Å². The third kappa shape index (κ3) is 22.4. The molecular formula is C26H48N6O10. The largest absolute Gasteiger partial charge is 0.469 e. The van der Waals surface area contributed by atoms with Gasteiger partial charge in [0.25, 0.3) is 0 Å². The minimum absolute atomic E-state index is 0.0619. The fourth-order valence-electron chi connectivity index (χ4n) is 3.42. The van der Waals surface area contributed by atoms with Gasteiger partial charge in [-0.05, 0) is 0 Å². The van der Waals surface area contributed by atoms with Crippen LogP contribution in [0, 0.1) is 0 Å². The van der Waals surface area contributed by atoms with Crippen LogP contribution in [0.1, 0.15) is 38.5 Å². The molecule has 0 aromatic heterocycles. The van der Waals surface area contributed by atoms with Gasteiger partial charge in [0.2, 0.25) is 11.8 Å². The monoisotopic (exact) mass is 604 g/mol. The smallest absolute Gasteiger partial charge is 0.306 e. The third-order valence-corrected chi connectivity index (χ3v) is 5.92. The minimum Gasteiger partial charge on any atom is -0.469 e. The lowest BCUT2D eigenvalue weighted by Gasteiger charge is -2.22. The summed E-state index contributed by atoms with van der Waals surface area (Å²) < 4.78 is 18.5. The van der Waals surface area contributed by atoms with Crippen molar-refractivity contribution in [2.75, 3.05) is 93.9 Å². The quantitative estimate of drug-likeness (QED) is 0.0385. The second-order valence-electron chi connectivity index (χ2n) is 9.02. The second-order valence-corrected chi connectivity index (χ2v) is 9.02. The molecule has 0 rings (SSSR count). The van der Waals surface area contributed by atoms with Gasteiger partial charge in [-0.25, -0.2) is 5.01 Å². The lowest BCUT2D eigenvalue weighted by atomic mass is 10.3. The van der Waals surface area contributed by atoms with Crippen molar-refractivity contribution in [1.29, 1.82) is 0 Å². The Kier molecular flexibility index (Phi) is 23.4. The summed E-state index contributed by atoms with van der Waals surface area (Å²) >= 11 is 0. The van der Waals surface area contributed by atoms with E-state index in [-0.39, 0.29) is 75.4 Å². The van der Waals surface area contributed by atoms with Gasteiger partial charge in [0.15, 0.2) is 0 Å². The van der Waals surface area contributed by atoms with Crippen LogP contribution in [0.3, 0.4) is 0 Å². The molecule has 0 radical (unpaired) electrons. The van der Waals surface area contributed by atoms with Crippen LogP contribution < -0.4 is 21.4 Å². The summed E-state index contributed by atoms with van der Waals surface area (Å²) in [6, 6.07) is 0. The number of methoxy groups -OCH3 is 4. The molecule has 0 heterocycles. The van der Waals surface area contributed by atoms with Crippen molar-refractivity contribution < 1.29 is 47.7 Å². The summed E-state index contributed by atoms with van der Waals surface area (Å²) in [4.78, 5) is 71.9. The number of carbonyl (C=O) groups is 6. The van der Waals surface area contributed by atoms with Crippen LogP contribution in [-0.2, 0) is 47.7 Å². The molecule has 0 fully saturated rings. The summed E-state index contributed by atoms with van der Waals surface area (Å²) in [6.07, 6.45) is 0.950. The predicted molar refractivity (Wildman–Crippen MR) is 151 cm³/mol. The Morgan fingerprint density at radius 2 is 0.881 bits per heavy atom. The lowest BCUT2D eigenvalue weighted by Crippen LogP contribution is -2.45. The van der Waals surface area contributed by atoms with Crippen LogP contribution >= 0.6 is 0 Å². The van der Waals surface area contributed by atoms with Crippen LogP contribution in [0.4, 0.5) is 0 Å². The molecule has 0 aliphatic rings. The van der Waals surface area contributed by atoms with Gasteiger partial charge >= 0.3 is 23.9 Å². The van der Waals surface area contributed by atoms with Crippen LogP contribution in [0.2, 0.25) is 0 Å². The van der Waals surface area contributed by atoms with Crippen LogP contribution in [0.15, 0.2) is 0 Å². The fourth-order valence-corrected chi connectivity index (χ4v) is 3.42. The average Bonchev–Trinajstić information content (AvgIpc) is 2.99. The number of ether oxygens (including phenoxy) is 4. The van der Waals surface area contributed by atoms with E-state index >= 15 is 0 Å². The van der Waals surface area contributed by atoms with Gasteiger partial charge in [-0.1, -0.05) is 0 Å². The number of nitrogens with one attached hydrogen (secondary N) is 4. The highest BCUT2D eigenvalue weighted by Crippen LogP contribution is 1.98. The molecule has 0 aliphatic carbocycles. The van der Waals surface area contributed by atoms with E-state index in [2.05, 4.69) is 40.3 Å². The van der Waals surface area contributed by atoms with Gasteiger partial charge < -0.3 is 39.8 Å². The average molecular weight is 605 g/mol. The number of nitrogens with zero attached hydrogens (tertiary/aromatic N) is 2. The number of hydrogen-bond donors (Lipinski definition) is 4. The van der Waals surface area contributed by atoms with Gasteiger partial charge in [0, 0.05) is 78.3 Å². The molecule has 16 heteroatoms. The summed E-state index contributed by atoms with van der Waals surface area (Å²) in [5, 5.41) is 10.6. The van der Waals surface area contributed by atoms with E-state index < -0.39 is 11.9 Å². The highest BCUT2D eigenvalue weighted by molar-refractivity contribution is 5.76. The Morgan fingerprint density at radius 1 is 0.476 bits per heavy atom. The molecule has 4 N–H and O–H groups in total. The molecule has 0 aromatic carbocycles. The molecular weight excluding hydrogens is 556 g/mol. The maximum absolute atomic E-state index is 12.3. The van der Waals surface area contributed by atoms with Gasteiger partial charge in [-0.3, -0.25) is 34.2 Å². The number of rotatable bonds is 25. The Balaban J connectivity index is 4.09. The zero-order chi connectivity index (χ0) is 31.6. The topological polar surface area (TPSA) is 194 Å². The Labute approximate surface area is 247 Å². The summed E-state index contributed by atoms with van der Waals surface area (Å²) in [5.74, 6) is -1.95. The maximum Gasteiger partial charge on any atom is 0.306 e. The van der Waals surface area contributed by atoms with Crippen molar-refractivity contribution in [3.8, 4) is 0 Å². The first kappa shape index (κ1) is 38.7. The molecule has 2 amide bonds. The molecule has 0 aliphatic heterocycles. The van der Waals surface area contributed by atoms with E-state index in [9.17, 15) is 28.8 Å². The molecule has 242 valence electrons. The van der Waals surface area contributed by atoms with Gasteiger partial charge in [0.05, 0.1) is 54.1 Å². The van der Waals surface area contributed by atoms with E-state index in [1.807, 2.05) is 4.90 Å². The summed E-state index contributed by atoms with van der Waals surface area (Å²) in [7, 11) is 5.18. The standard InChI is InChI=1S/C26H48N6O10/c1-39-23(35)7-16-31(17-8-24(36)40-2)20-15-29-21(33)5-11-27-13-14-28-12-6-22(34)30-32(18-9-25(37)41-3)19-10-26(38)42-4/h27-28H,5-20H2,1-4H3,(H,29,33)(H,30,34). The fraction of sp³-hybridized carbons (Fsp3) is 0.769. The first-order valence-electron chi connectivity index (χ1n) is 13.9. The first-order valence-corrected chi connectivity index (χ1v) is 13.9. The molecule has 0 saturated heterocycles. The zero-order valence-corrected chi connectivity index (χ0v) is 25.3. The zero-order valence-electron chi connectivity index (χ0n) is 25.3. The van der Waals surface area contributed by atoms with Crippen molar-refractivity contribution in [3.05, 3.63) is 0 Å². The molecule has 0 spiro atoms. The summed E-state index contributed by atoms with van der Waals surface area (Å²) in [5.41, 5.74) is 2.69. The Morgan fingerprint density at radius 3 is 1.31 bits per heavy atom. The van der Waals surface area contributed by atoms with E-state index in [1.54, 1.807) is 0 Å². The predicted octanol–water partition coefficient (Wildman–Crippen LogP) is -2.05. The van der Waals surface area contributed by atoms with Crippen LogP contribution in [0.25, 0.3) is 0 Å². The van der Waals surface area contributed by atoms with Crippen molar-refractivity contribution in [1.82, 2.24) is 31.3 Å². The van der Waals surface area contributed by atoms with E-state index in [0.29, 0.717) is 52.4 Å².